The Morgan fingerprint density at radius 1 is 0.190 bits per heavy atom. The molecule has 0 heterocycles. The van der Waals surface area contributed by atoms with Crippen molar-refractivity contribution in [1.29, 1.82) is 0 Å². The Balaban J connectivity index is 1.32. The molecule has 9 aliphatic rings. The fourth-order valence-electron chi connectivity index (χ4n) is 17.4. The van der Waals surface area contributed by atoms with Crippen molar-refractivity contribution in [3.8, 4) is 0 Å². The van der Waals surface area contributed by atoms with E-state index < -0.39 is 0 Å². The second-order valence-electron chi connectivity index (χ2n) is 22.9. The van der Waals surface area contributed by atoms with E-state index >= 15 is 0 Å². The summed E-state index contributed by atoms with van der Waals surface area (Å²) < 4.78 is 0. The van der Waals surface area contributed by atoms with Crippen molar-refractivity contribution in [2.75, 3.05) is 0 Å². The van der Waals surface area contributed by atoms with E-state index in [0.29, 0.717) is 0 Å². The smallest absolute Gasteiger partial charge is 0.0127 e. The van der Waals surface area contributed by atoms with Gasteiger partial charge in [-0.25, -0.2) is 0 Å². The third kappa shape index (κ3) is 9.51. The van der Waals surface area contributed by atoms with Gasteiger partial charge in [-0.15, -0.1) is 0 Å². The van der Waals surface area contributed by atoms with Gasteiger partial charge < -0.3 is 0 Å². The third-order valence-corrected chi connectivity index (χ3v) is 39.2. The van der Waals surface area contributed by atoms with Crippen molar-refractivity contribution in [2.24, 2.45) is 0 Å². The van der Waals surface area contributed by atoms with Crippen LogP contribution in [-0.2, 0) is 0 Å². The van der Waals surface area contributed by atoms with E-state index in [2.05, 4.69) is 0 Å². The maximum atomic E-state index is 1.76. The first kappa shape index (κ1) is 44.9. The van der Waals surface area contributed by atoms with Gasteiger partial charge in [-0.05, 0) is 150 Å². The van der Waals surface area contributed by atoms with Gasteiger partial charge in [-0.1, -0.05) is 205 Å². The molecule has 58 heavy (non-hydrogen) atoms. The van der Waals surface area contributed by atoms with Crippen molar-refractivity contribution in [2.45, 2.75) is 338 Å². The summed E-state index contributed by atoms with van der Waals surface area (Å²) in [5.74, 6) is 0. The van der Waals surface area contributed by atoms with E-state index in [1.165, 1.54) is 0 Å². The molecule has 9 aliphatic carbocycles. The highest BCUT2D eigenvalue weighted by Crippen LogP contribution is 2.96. The second-order valence-corrected chi connectivity index (χ2v) is 36.6. The van der Waals surface area contributed by atoms with Gasteiger partial charge in [0.25, 0.3) is 0 Å². The first-order valence-corrected chi connectivity index (χ1v) is 33.7. The lowest BCUT2D eigenvalue weighted by atomic mass is 9.97. The molecule has 0 bridgehead atoms. The number of hydrogen-bond donors (Lipinski definition) is 0. The van der Waals surface area contributed by atoms with Gasteiger partial charge >= 0.3 is 0 Å². The Morgan fingerprint density at radius 3 is 0.517 bits per heavy atom. The average Bonchev–Trinajstić information content (AvgIpc) is 3.30. The van der Waals surface area contributed by atoms with E-state index in [1.807, 2.05) is 0 Å². The van der Waals surface area contributed by atoms with Crippen LogP contribution in [0, 0.1) is 0 Å². The molecule has 0 radical (unpaired) electrons. The topological polar surface area (TPSA) is 0 Å². The van der Waals surface area contributed by atoms with Crippen LogP contribution in [-0.4, -0.2) is 48.6 Å². The van der Waals surface area contributed by atoms with E-state index in [9.17, 15) is 0 Å². The maximum absolute atomic E-state index is 1.76. The van der Waals surface area contributed by atoms with Crippen LogP contribution in [0.25, 0.3) is 0 Å². The van der Waals surface area contributed by atoms with Gasteiger partial charge in [-0.2, -0.15) is 0 Å². The van der Waals surface area contributed by atoms with Crippen molar-refractivity contribution >= 4 is 31.7 Å². The molecular weight excluding hydrogens is 772 g/mol. The summed E-state index contributed by atoms with van der Waals surface area (Å²) in [6.07, 6.45) is 74.1. The van der Waals surface area contributed by atoms with Gasteiger partial charge in [-0.3, -0.25) is 0 Å². The van der Waals surface area contributed by atoms with Crippen LogP contribution in [0.3, 0.4) is 0 Å². The van der Waals surface area contributed by atoms with Crippen LogP contribution >= 0.6 is 31.7 Å². The van der Waals surface area contributed by atoms with E-state index in [4.69, 9.17) is 0 Å². The molecule has 9 fully saturated rings. The molecule has 0 aromatic carbocycles. The van der Waals surface area contributed by atoms with Crippen LogP contribution in [0.1, 0.15) is 289 Å². The summed E-state index contributed by atoms with van der Waals surface area (Å²) >= 11 is 0. The fourth-order valence-corrected chi connectivity index (χ4v) is 45.8. The molecule has 0 atom stereocenters. The van der Waals surface area contributed by atoms with E-state index in [1.54, 1.807) is 289 Å². The molecule has 0 unspecified atom stereocenters. The van der Waals surface area contributed by atoms with Crippen LogP contribution in [0.4, 0.5) is 0 Å². The third-order valence-electron chi connectivity index (χ3n) is 19.5. The minimum absolute atomic E-state index is 0.0485. The molecule has 0 nitrogen and oxygen atoms in total. The summed E-state index contributed by atoms with van der Waals surface area (Å²) in [6.45, 7) is 0. The molecular formula is C54H96P4. The van der Waals surface area contributed by atoms with Gasteiger partial charge in [0, 0.05) is 14.7 Å². The van der Waals surface area contributed by atoms with Gasteiger partial charge in [0.15, 0.2) is 0 Å². The predicted octanol–water partition coefficient (Wildman–Crippen LogP) is 19.9. The Morgan fingerprint density at radius 2 is 0.345 bits per heavy atom. The van der Waals surface area contributed by atoms with Gasteiger partial charge in [0.2, 0.25) is 0 Å². The predicted molar refractivity (Wildman–Crippen MR) is 266 cm³/mol. The highest BCUT2D eigenvalue weighted by atomic mass is 31.2. The normalized spacial score (nSPS) is 31.0. The molecule has 9 rings (SSSR count). The Hall–Kier alpha value is 1.72. The molecule has 332 valence electrons. The fraction of sp³-hybridized carbons (Fsp3) is 1.00. The number of hydrogen-bond acceptors (Lipinski definition) is 0. The van der Waals surface area contributed by atoms with Crippen LogP contribution in [0.2, 0.25) is 0 Å². The van der Waals surface area contributed by atoms with Crippen LogP contribution < -0.4 is 0 Å². The molecule has 0 spiro atoms. The maximum Gasteiger partial charge on any atom is 0.0127 e. The lowest BCUT2D eigenvalue weighted by Gasteiger charge is -2.72. The second kappa shape index (κ2) is 21.8. The Kier molecular flexibility index (Phi) is 16.9. The molecule has 0 aliphatic heterocycles. The Bertz CT molecular complexity index is 976. The highest BCUT2D eigenvalue weighted by Gasteiger charge is 2.68. The summed E-state index contributed by atoms with van der Waals surface area (Å²) in [6, 6.07) is 0. The van der Waals surface area contributed by atoms with E-state index in [0.717, 1.165) is 48.6 Å². The van der Waals surface area contributed by atoms with Gasteiger partial charge in [0.1, 0.15) is 0 Å². The Labute approximate surface area is 367 Å². The zero-order valence-electron chi connectivity index (χ0n) is 38.6. The minimum atomic E-state index is -0.0485. The van der Waals surface area contributed by atoms with Crippen molar-refractivity contribution < 1.29 is 0 Å². The monoisotopic (exact) mass is 869 g/mol. The first-order valence-electron chi connectivity index (χ1n) is 27.9. The molecule has 0 amide bonds. The summed E-state index contributed by atoms with van der Waals surface area (Å²) in [7, 11) is 0.186. The molecule has 4 heteroatoms. The number of rotatable bonds is 12. The minimum Gasteiger partial charge on any atom is -0.0894 e. The standard InChI is InChI=1S/C54H96P4/c1-10-28-46(29-11-1)55(47-30-12-2-13-31-47)52(40-22-7-23-41-52)58(53(42-24-8-25-43-53)56(48-32-14-3-15-33-48)49-34-16-4-17-35-49)54(44-26-9-27-45-54)57(50-36-18-5-19-37-50)51-38-20-6-21-39-51/h46-51H,1-45H2. The molecule has 0 N–H and O–H groups in total. The van der Waals surface area contributed by atoms with Crippen LogP contribution in [0.5, 0.6) is 0 Å². The zero-order valence-corrected chi connectivity index (χ0v) is 42.2. The average molecular weight is 869 g/mol. The lowest BCUT2D eigenvalue weighted by Crippen LogP contribution is -2.53. The van der Waals surface area contributed by atoms with Crippen LogP contribution in [0.15, 0.2) is 0 Å². The SMILES string of the molecule is C1CCC(P(C2CCCCC2)C2(P(C3(P(C4CCCCC4)C4CCCCC4)CCCCC3)C3(P(C4CCCCC4)C4CCCCC4)CCCCC3)CCCCC2)CC1. The quantitative estimate of drug-likeness (QED) is 0.171. The molecule has 0 aromatic heterocycles. The first-order chi connectivity index (χ1) is 28.8. The lowest BCUT2D eigenvalue weighted by molar-refractivity contribution is 0.398. The van der Waals surface area contributed by atoms with E-state index in [-0.39, 0.29) is 31.7 Å². The molecule has 0 aromatic rings. The summed E-state index contributed by atoms with van der Waals surface area (Å²) in [5.41, 5.74) is 6.93. The summed E-state index contributed by atoms with van der Waals surface area (Å²) in [5, 5.41) is 0. The highest BCUT2D eigenvalue weighted by molar-refractivity contribution is 7.92. The van der Waals surface area contributed by atoms with Crippen molar-refractivity contribution in [3.63, 3.8) is 0 Å². The van der Waals surface area contributed by atoms with Crippen molar-refractivity contribution in [1.82, 2.24) is 0 Å². The largest absolute Gasteiger partial charge is 0.0894 e. The molecule has 9 saturated carbocycles. The zero-order chi connectivity index (χ0) is 39.1. The van der Waals surface area contributed by atoms with Crippen molar-refractivity contribution in [3.05, 3.63) is 0 Å². The van der Waals surface area contributed by atoms with Gasteiger partial charge in [0.05, 0.1) is 0 Å². The molecule has 0 saturated heterocycles. The summed E-state index contributed by atoms with van der Waals surface area (Å²) in [4.78, 5) is 2.36.